The molecular weight excluding hydrogens is 256 g/mol. The molecule has 0 saturated carbocycles. The quantitative estimate of drug-likeness (QED) is 0.803. The fraction of sp³-hybridized carbons (Fsp3) is 0.467. The van der Waals surface area contributed by atoms with Crippen LogP contribution < -0.4 is 15.4 Å². The smallest absolute Gasteiger partial charge is 0.257 e. The van der Waals surface area contributed by atoms with Crippen LogP contribution in [-0.2, 0) is 9.59 Å². The molecule has 20 heavy (non-hydrogen) atoms. The number of benzene rings is 1. The van der Waals surface area contributed by atoms with Gasteiger partial charge in [0.25, 0.3) is 5.91 Å². The monoisotopic (exact) mass is 278 g/mol. The van der Waals surface area contributed by atoms with E-state index in [9.17, 15) is 9.59 Å². The summed E-state index contributed by atoms with van der Waals surface area (Å²) in [7, 11) is 0. The first kappa shape index (κ1) is 16.0. The molecule has 5 heteroatoms. The minimum absolute atomic E-state index is 0.0200. The summed E-state index contributed by atoms with van der Waals surface area (Å²) in [5, 5.41) is 5.48. The molecule has 0 aliphatic rings. The summed E-state index contributed by atoms with van der Waals surface area (Å²) in [5.41, 5.74) is 0.670. The van der Waals surface area contributed by atoms with Gasteiger partial charge in [-0.05, 0) is 25.5 Å². The summed E-state index contributed by atoms with van der Waals surface area (Å²) < 4.78 is 5.37. The topological polar surface area (TPSA) is 67.4 Å². The van der Waals surface area contributed by atoms with E-state index in [4.69, 9.17) is 4.74 Å². The zero-order valence-electron chi connectivity index (χ0n) is 12.2. The molecule has 0 fully saturated rings. The SMILES string of the molecule is CCNC(=O)COc1cccc(NC(=O)C(C)CC)c1. The first-order valence-electron chi connectivity index (χ1n) is 6.87. The lowest BCUT2D eigenvalue weighted by molar-refractivity contribution is -0.123. The summed E-state index contributed by atoms with van der Waals surface area (Å²) in [6.07, 6.45) is 0.791. The van der Waals surface area contributed by atoms with Gasteiger partial charge in [0.2, 0.25) is 5.91 Å². The Morgan fingerprint density at radius 1 is 1.30 bits per heavy atom. The summed E-state index contributed by atoms with van der Waals surface area (Å²) in [6, 6.07) is 7.02. The van der Waals surface area contributed by atoms with Gasteiger partial charge in [-0.1, -0.05) is 19.9 Å². The number of anilines is 1. The second kappa shape index (κ2) is 8.19. The summed E-state index contributed by atoms with van der Waals surface area (Å²) in [4.78, 5) is 23.1. The molecule has 0 bridgehead atoms. The van der Waals surface area contributed by atoms with Crippen molar-refractivity contribution in [2.45, 2.75) is 27.2 Å². The minimum Gasteiger partial charge on any atom is -0.484 e. The molecule has 1 unspecified atom stereocenters. The largest absolute Gasteiger partial charge is 0.484 e. The van der Waals surface area contributed by atoms with Gasteiger partial charge in [0.05, 0.1) is 0 Å². The van der Waals surface area contributed by atoms with Crippen molar-refractivity contribution in [1.82, 2.24) is 5.32 Å². The Labute approximate surface area is 119 Å². The van der Waals surface area contributed by atoms with Gasteiger partial charge in [0.15, 0.2) is 6.61 Å². The molecular formula is C15H22N2O3. The van der Waals surface area contributed by atoms with E-state index in [1.165, 1.54) is 0 Å². The fourth-order valence-corrected chi connectivity index (χ4v) is 1.51. The average Bonchev–Trinajstić information content (AvgIpc) is 2.45. The molecule has 1 rings (SSSR count). The minimum atomic E-state index is -0.165. The number of hydrogen-bond donors (Lipinski definition) is 2. The van der Waals surface area contributed by atoms with E-state index in [0.29, 0.717) is 18.0 Å². The van der Waals surface area contributed by atoms with E-state index >= 15 is 0 Å². The standard InChI is InChI=1S/C15H22N2O3/c1-4-11(3)15(19)17-12-7-6-8-13(9-12)20-10-14(18)16-5-2/h6-9,11H,4-5,10H2,1-3H3,(H,16,18)(H,17,19). The van der Waals surface area contributed by atoms with Crippen molar-refractivity contribution in [2.75, 3.05) is 18.5 Å². The molecule has 0 radical (unpaired) electrons. The maximum absolute atomic E-state index is 11.8. The van der Waals surface area contributed by atoms with Crippen molar-refractivity contribution in [3.05, 3.63) is 24.3 Å². The number of carbonyl (C=O) groups is 2. The van der Waals surface area contributed by atoms with Crippen LogP contribution in [0.5, 0.6) is 5.75 Å². The highest BCUT2D eigenvalue weighted by Gasteiger charge is 2.10. The van der Waals surface area contributed by atoms with Crippen LogP contribution in [0.1, 0.15) is 27.2 Å². The summed E-state index contributed by atoms with van der Waals surface area (Å²) in [5.74, 6) is 0.336. The Hall–Kier alpha value is -2.04. The van der Waals surface area contributed by atoms with Gasteiger partial charge in [-0.15, -0.1) is 0 Å². The molecule has 110 valence electrons. The molecule has 0 saturated heterocycles. The normalized spacial score (nSPS) is 11.6. The van der Waals surface area contributed by atoms with E-state index < -0.39 is 0 Å². The van der Waals surface area contributed by atoms with Crippen LogP contribution in [0, 0.1) is 5.92 Å². The molecule has 0 aliphatic heterocycles. The highest BCUT2D eigenvalue weighted by atomic mass is 16.5. The Balaban J connectivity index is 2.57. The van der Waals surface area contributed by atoms with Crippen molar-refractivity contribution in [1.29, 1.82) is 0 Å². The fourth-order valence-electron chi connectivity index (χ4n) is 1.51. The second-order valence-electron chi connectivity index (χ2n) is 4.57. The molecule has 2 N–H and O–H groups in total. The highest BCUT2D eigenvalue weighted by Crippen LogP contribution is 2.18. The first-order chi connectivity index (χ1) is 9.56. The zero-order valence-corrected chi connectivity index (χ0v) is 12.2. The van der Waals surface area contributed by atoms with Gasteiger partial charge < -0.3 is 15.4 Å². The second-order valence-corrected chi connectivity index (χ2v) is 4.57. The lowest BCUT2D eigenvalue weighted by Gasteiger charge is -2.11. The van der Waals surface area contributed by atoms with Gasteiger partial charge in [-0.25, -0.2) is 0 Å². The maximum Gasteiger partial charge on any atom is 0.257 e. The maximum atomic E-state index is 11.8. The van der Waals surface area contributed by atoms with Crippen molar-refractivity contribution in [3.63, 3.8) is 0 Å². The molecule has 2 amide bonds. The molecule has 1 atom stereocenters. The van der Waals surface area contributed by atoms with Crippen molar-refractivity contribution in [2.24, 2.45) is 5.92 Å². The number of ether oxygens (including phenoxy) is 1. The third kappa shape index (κ3) is 5.30. The van der Waals surface area contributed by atoms with Gasteiger partial charge in [0, 0.05) is 24.2 Å². The molecule has 1 aromatic carbocycles. The van der Waals surface area contributed by atoms with Gasteiger partial charge in [-0.2, -0.15) is 0 Å². The predicted molar refractivity (Wildman–Crippen MR) is 78.7 cm³/mol. The van der Waals surface area contributed by atoms with E-state index in [1.54, 1.807) is 24.3 Å². The molecule has 5 nitrogen and oxygen atoms in total. The molecule has 1 aromatic rings. The number of rotatable bonds is 7. The summed E-state index contributed by atoms with van der Waals surface area (Å²) >= 11 is 0. The van der Waals surface area contributed by atoms with Gasteiger partial charge in [-0.3, -0.25) is 9.59 Å². The number of amides is 2. The number of likely N-dealkylation sites (N-methyl/N-ethyl adjacent to an activating group) is 1. The van der Waals surface area contributed by atoms with Crippen LogP contribution in [0.4, 0.5) is 5.69 Å². The van der Waals surface area contributed by atoms with Crippen LogP contribution in [0.2, 0.25) is 0 Å². The molecule has 0 heterocycles. The number of hydrogen-bond acceptors (Lipinski definition) is 3. The third-order valence-corrected chi connectivity index (χ3v) is 2.91. The number of carbonyl (C=O) groups excluding carboxylic acids is 2. The Bertz CT molecular complexity index is 460. The van der Waals surface area contributed by atoms with E-state index in [2.05, 4.69) is 10.6 Å². The molecule has 0 aliphatic carbocycles. The van der Waals surface area contributed by atoms with Crippen molar-refractivity contribution < 1.29 is 14.3 Å². The number of nitrogens with one attached hydrogen (secondary N) is 2. The molecule has 0 spiro atoms. The van der Waals surface area contributed by atoms with Crippen molar-refractivity contribution in [3.8, 4) is 5.75 Å². The van der Waals surface area contributed by atoms with Crippen LogP contribution in [0.3, 0.4) is 0 Å². The Morgan fingerprint density at radius 2 is 2.05 bits per heavy atom. The summed E-state index contributed by atoms with van der Waals surface area (Å²) in [6.45, 7) is 6.24. The van der Waals surface area contributed by atoms with E-state index in [-0.39, 0.29) is 24.3 Å². The molecule has 0 aromatic heterocycles. The Kier molecular flexibility index (Phi) is 6.56. The van der Waals surface area contributed by atoms with Gasteiger partial charge >= 0.3 is 0 Å². The Morgan fingerprint density at radius 3 is 2.70 bits per heavy atom. The van der Waals surface area contributed by atoms with E-state index in [1.807, 2.05) is 20.8 Å². The van der Waals surface area contributed by atoms with Crippen LogP contribution in [-0.4, -0.2) is 25.0 Å². The van der Waals surface area contributed by atoms with Gasteiger partial charge in [0.1, 0.15) is 5.75 Å². The third-order valence-electron chi connectivity index (χ3n) is 2.91. The average molecular weight is 278 g/mol. The predicted octanol–water partition coefficient (Wildman–Crippen LogP) is 2.19. The lowest BCUT2D eigenvalue weighted by atomic mass is 10.1. The first-order valence-corrected chi connectivity index (χ1v) is 6.87. The zero-order chi connectivity index (χ0) is 15.0. The van der Waals surface area contributed by atoms with Crippen LogP contribution in [0.15, 0.2) is 24.3 Å². The highest BCUT2D eigenvalue weighted by molar-refractivity contribution is 5.92. The van der Waals surface area contributed by atoms with Crippen LogP contribution in [0.25, 0.3) is 0 Å². The van der Waals surface area contributed by atoms with Crippen LogP contribution >= 0.6 is 0 Å². The van der Waals surface area contributed by atoms with E-state index in [0.717, 1.165) is 6.42 Å². The van der Waals surface area contributed by atoms with Crippen molar-refractivity contribution >= 4 is 17.5 Å². The lowest BCUT2D eigenvalue weighted by Crippen LogP contribution is -2.28.